The molecule has 2 aliphatic heterocycles. The van der Waals surface area contributed by atoms with Gasteiger partial charge in [0, 0.05) is 25.1 Å². The minimum Gasteiger partial charge on any atom is -0.490 e. The van der Waals surface area contributed by atoms with E-state index in [4.69, 9.17) is 9.47 Å². The van der Waals surface area contributed by atoms with Gasteiger partial charge < -0.3 is 14.8 Å². The molecule has 1 amide bonds. The number of ether oxygens (including phenoxy) is 2. The van der Waals surface area contributed by atoms with Crippen molar-refractivity contribution in [1.29, 1.82) is 0 Å². The minimum absolute atomic E-state index is 0.142. The number of sulfonamides is 1. The number of fused-ring (bicyclic) bond motifs is 1. The van der Waals surface area contributed by atoms with Crippen LogP contribution in [0.1, 0.15) is 32.1 Å². The van der Waals surface area contributed by atoms with E-state index < -0.39 is 16.1 Å². The Morgan fingerprint density at radius 1 is 1.08 bits per heavy atom. The van der Waals surface area contributed by atoms with Crippen LogP contribution < -0.4 is 14.8 Å². The van der Waals surface area contributed by atoms with Crippen molar-refractivity contribution in [3.63, 3.8) is 0 Å². The molecular weight excluding hydrogens is 344 g/mol. The van der Waals surface area contributed by atoms with Crippen LogP contribution in [0.25, 0.3) is 0 Å². The lowest BCUT2D eigenvalue weighted by Crippen LogP contribution is -2.46. The predicted octanol–water partition coefficient (Wildman–Crippen LogP) is 1.28. The van der Waals surface area contributed by atoms with Gasteiger partial charge in [0.05, 0.1) is 18.1 Å². The van der Waals surface area contributed by atoms with Crippen LogP contribution in [0.15, 0.2) is 23.1 Å². The zero-order valence-electron chi connectivity index (χ0n) is 13.9. The maximum absolute atomic E-state index is 13.1. The molecule has 4 rings (SSSR count). The molecule has 2 heterocycles. The largest absolute Gasteiger partial charge is 0.490 e. The van der Waals surface area contributed by atoms with Gasteiger partial charge in [-0.2, -0.15) is 4.31 Å². The van der Waals surface area contributed by atoms with Crippen molar-refractivity contribution in [3.05, 3.63) is 18.2 Å². The summed E-state index contributed by atoms with van der Waals surface area (Å²) in [7, 11) is -3.76. The highest BCUT2D eigenvalue weighted by molar-refractivity contribution is 7.89. The van der Waals surface area contributed by atoms with Gasteiger partial charge in [-0.3, -0.25) is 4.79 Å². The molecule has 0 aromatic heterocycles. The maximum Gasteiger partial charge on any atom is 0.243 e. The van der Waals surface area contributed by atoms with E-state index in [1.54, 1.807) is 6.07 Å². The lowest BCUT2D eigenvalue weighted by atomic mass is 10.2. The number of benzene rings is 1. The molecule has 1 saturated heterocycles. The number of amides is 1. The number of nitrogens with zero attached hydrogens (tertiary/aromatic N) is 1. The molecule has 0 unspecified atom stereocenters. The molecule has 8 heteroatoms. The summed E-state index contributed by atoms with van der Waals surface area (Å²) in [6.07, 6.45) is 3.96. The van der Waals surface area contributed by atoms with Crippen LogP contribution in [0.3, 0.4) is 0 Å². The maximum atomic E-state index is 13.1. The summed E-state index contributed by atoms with van der Waals surface area (Å²) in [5, 5.41) is 2.92. The molecule has 0 spiro atoms. The highest BCUT2D eigenvalue weighted by Crippen LogP contribution is 2.34. The third-order valence-electron chi connectivity index (χ3n) is 4.76. The van der Waals surface area contributed by atoms with E-state index in [0.717, 1.165) is 19.3 Å². The van der Waals surface area contributed by atoms with Crippen LogP contribution in [0.4, 0.5) is 0 Å². The Labute approximate surface area is 147 Å². The Bertz CT molecular complexity index is 775. The smallest absolute Gasteiger partial charge is 0.243 e. The van der Waals surface area contributed by atoms with Crippen LogP contribution in [0.2, 0.25) is 0 Å². The van der Waals surface area contributed by atoms with Gasteiger partial charge in [0.2, 0.25) is 15.9 Å². The van der Waals surface area contributed by atoms with Gasteiger partial charge in [0.15, 0.2) is 11.5 Å². The zero-order chi connectivity index (χ0) is 17.4. The van der Waals surface area contributed by atoms with E-state index in [9.17, 15) is 13.2 Å². The molecule has 1 N–H and O–H groups in total. The van der Waals surface area contributed by atoms with Gasteiger partial charge in [-0.25, -0.2) is 8.42 Å². The molecule has 1 aromatic carbocycles. The fourth-order valence-electron chi connectivity index (χ4n) is 3.25. The molecule has 1 atom stereocenters. The second kappa shape index (κ2) is 6.49. The first-order valence-corrected chi connectivity index (χ1v) is 10.2. The van der Waals surface area contributed by atoms with E-state index in [-0.39, 0.29) is 16.8 Å². The first-order valence-electron chi connectivity index (χ1n) is 8.77. The third-order valence-corrected chi connectivity index (χ3v) is 6.66. The van der Waals surface area contributed by atoms with Gasteiger partial charge in [-0.1, -0.05) is 0 Å². The predicted molar refractivity (Wildman–Crippen MR) is 90.1 cm³/mol. The summed E-state index contributed by atoms with van der Waals surface area (Å²) in [6, 6.07) is 4.25. The Kier molecular flexibility index (Phi) is 4.33. The summed E-state index contributed by atoms with van der Waals surface area (Å²) in [5.41, 5.74) is 0. The number of carbonyl (C=O) groups is 1. The monoisotopic (exact) mass is 366 g/mol. The first kappa shape index (κ1) is 16.7. The lowest BCUT2D eigenvalue weighted by molar-refractivity contribution is -0.124. The fourth-order valence-corrected chi connectivity index (χ4v) is 4.93. The molecule has 0 radical (unpaired) electrons. The molecule has 7 nitrogen and oxygen atoms in total. The van der Waals surface area contributed by atoms with Gasteiger partial charge in [0.25, 0.3) is 0 Å². The Morgan fingerprint density at radius 2 is 1.84 bits per heavy atom. The van der Waals surface area contributed by atoms with E-state index in [0.29, 0.717) is 44.1 Å². The van der Waals surface area contributed by atoms with Gasteiger partial charge >= 0.3 is 0 Å². The second-order valence-corrected chi connectivity index (χ2v) is 8.61. The van der Waals surface area contributed by atoms with Crippen LogP contribution in [-0.2, 0) is 14.8 Å². The van der Waals surface area contributed by atoms with Gasteiger partial charge in [-0.15, -0.1) is 0 Å². The molecule has 25 heavy (non-hydrogen) atoms. The van der Waals surface area contributed by atoms with Crippen molar-refractivity contribution in [2.75, 3.05) is 19.8 Å². The van der Waals surface area contributed by atoms with Crippen molar-refractivity contribution in [3.8, 4) is 11.5 Å². The molecule has 136 valence electrons. The Hall–Kier alpha value is -1.80. The van der Waals surface area contributed by atoms with E-state index >= 15 is 0 Å². The zero-order valence-corrected chi connectivity index (χ0v) is 14.8. The number of rotatable bonds is 4. The van der Waals surface area contributed by atoms with Crippen molar-refractivity contribution < 1.29 is 22.7 Å². The van der Waals surface area contributed by atoms with Crippen molar-refractivity contribution in [2.24, 2.45) is 0 Å². The summed E-state index contributed by atoms with van der Waals surface area (Å²) < 4.78 is 38.6. The van der Waals surface area contributed by atoms with Crippen LogP contribution in [0.5, 0.6) is 11.5 Å². The molecule has 1 aliphatic carbocycles. The van der Waals surface area contributed by atoms with Gasteiger partial charge in [-0.05, 0) is 37.8 Å². The lowest BCUT2D eigenvalue weighted by Gasteiger charge is -2.23. The average molecular weight is 366 g/mol. The number of hydrogen-bond donors (Lipinski definition) is 1. The van der Waals surface area contributed by atoms with Crippen molar-refractivity contribution in [1.82, 2.24) is 9.62 Å². The highest BCUT2D eigenvalue weighted by Gasteiger charge is 2.41. The third kappa shape index (κ3) is 3.32. The molecular formula is C17H22N2O5S. The fraction of sp³-hybridized carbons (Fsp3) is 0.588. The van der Waals surface area contributed by atoms with Crippen LogP contribution in [-0.4, -0.2) is 50.5 Å². The first-order chi connectivity index (χ1) is 12.1. The minimum atomic E-state index is -3.76. The Morgan fingerprint density at radius 3 is 2.60 bits per heavy atom. The van der Waals surface area contributed by atoms with Crippen molar-refractivity contribution in [2.45, 2.75) is 49.1 Å². The number of hydrogen-bond acceptors (Lipinski definition) is 5. The van der Waals surface area contributed by atoms with Gasteiger partial charge in [0.1, 0.15) is 6.04 Å². The topological polar surface area (TPSA) is 84.9 Å². The summed E-state index contributed by atoms with van der Waals surface area (Å²) >= 11 is 0. The summed E-state index contributed by atoms with van der Waals surface area (Å²) in [5.74, 6) is 0.815. The number of nitrogens with one attached hydrogen (secondary N) is 1. The standard InChI is InChI=1S/C17H22N2O5S/c20-17(18-12-4-5-12)14-3-1-8-19(14)25(21,22)13-6-7-15-16(11-13)24-10-2-9-23-15/h6-7,11-12,14H,1-5,8-10H2,(H,18,20)/t14-/m1/s1. The van der Waals surface area contributed by atoms with E-state index in [2.05, 4.69) is 5.32 Å². The van der Waals surface area contributed by atoms with E-state index in [1.165, 1.54) is 16.4 Å². The number of carbonyl (C=O) groups excluding carboxylic acids is 1. The normalized spacial score (nSPS) is 23.9. The van der Waals surface area contributed by atoms with Crippen molar-refractivity contribution >= 4 is 15.9 Å². The molecule has 1 saturated carbocycles. The highest BCUT2D eigenvalue weighted by atomic mass is 32.2. The molecule has 0 bridgehead atoms. The average Bonchev–Trinajstić information content (AvgIpc) is 3.31. The van der Waals surface area contributed by atoms with E-state index in [1.807, 2.05) is 0 Å². The SMILES string of the molecule is O=C(NC1CC1)[C@H]1CCCN1S(=O)(=O)c1ccc2c(c1)OCCCO2. The molecule has 1 aromatic rings. The Balaban J connectivity index is 1.59. The molecule has 3 aliphatic rings. The second-order valence-electron chi connectivity index (χ2n) is 6.72. The summed E-state index contributed by atoms with van der Waals surface area (Å²) in [6.45, 7) is 1.40. The summed E-state index contributed by atoms with van der Waals surface area (Å²) in [4.78, 5) is 12.5. The molecule has 2 fully saturated rings. The van der Waals surface area contributed by atoms with Crippen LogP contribution in [0, 0.1) is 0 Å². The van der Waals surface area contributed by atoms with Crippen LogP contribution >= 0.6 is 0 Å². The quantitative estimate of drug-likeness (QED) is 0.868.